The summed E-state index contributed by atoms with van der Waals surface area (Å²) in [6, 6.07) is 0. The molecule has 0 aliphatic carbocycles. The molecule has 0 aromatic heterocycles. The van der Waals surface area contributed by atoms with E-state index in [9.17, 15) is 24.2 Å². The zero-order chi connectivity index (χ0) is 27.8. The molecule has 0 radical (unpaired) electrons. The highest BCUT2D eigenvalue weighted by Gasteiger charge is 2.27. The second-order valence-electron chi connectivity index (χ2n) is 9.43. The molecular formula is C26H51O10P. The fourth-order valence-corrected chi connectivity index (χ4v) is 4.31. The Hall–Kier alpha value is -1.03. The normalized spacial score (nSPS) is 14.6. The Morgan fingerprint density at radius 2 is 1.16 bits per heavy atom. The van der Waals surface area contributed by atoms with Gasteiger partial charge in [-0.1, -0.05) is 90.9 Å². The molecule has 0 aromatic carbocycles. The van der Waals surface area contributed by atoms with Crippen molar-refractivity contribution in [2.45, 2.75) is 129 Å². The van der Waals surface area contributed by atoms with Crippen LogP contribution in [0.4, 0.5) is 0 Å². The van der Waals surface area contributed by atoms with Crippen LogP contribution in [0.2, 0.25) is 0 Å². The predicted octanol–water partition coefficient (Wildman–Crippen LogP) is 5.21. The second-order valence-corrected chi connectivity index (χ2v) is 10.9. The fraction of sp³-hybridized carbons (Fsp3) is 0.923. The Labute approximate surface area is 223 Å². The molecule has 3 atom stereocenters. The monoisotopic (exact) mass is 554 g/mol. The molecule has 0 aliphatic heterocycles. The van der Waals surface area contributed by atoms with Crippen LogP contribution in [-0.4, -0.2) is 65.7 Å². The van der Waals surface area contributed by atoms with Crippen LogP contribution in [0.3, 0.4) is 0 Å². The third-order valence-corrected chi connectivity index (χ3v) is 6.71. The number of ether oxygens (including phenoxy) is 2. The first-order valence-corrected chi connectivity index (χ1v) is 15.5. The van der Waals surface area contributed by atoms with Crippen molar-refractivity contribution >= 4 is 19.8 Å². The molecule has 3 N–H and O–H groups in total. The van der Waals surface area contributed by atoms with Crippen LogP contribution in [-0.2, 0) is 32.7 Å². The molecule has 0 saturated carbocycles. The summed E-state index contributed by atoms with van der Waals surface area (Å²) < 4.78 is 32.1. The molecule has 220 valence electrons. The summed E-state index contributed by atoms with van der Waals surface area (Å²) >= 11 is 0. The highest BCUT2D eigenvalue weighted by molar-refractivity contribution is 7.47. The minimum Gasteiger partial charge on any atom is -0.462 e. The van der Waals surface area contributed by atoms with Gasteiger partial charge in [0.25, 0.3) is 0 Å². The molecule has 1 unspecified atom stereocenters. The van der Waals surface area contributed by atoms with Crippen molar-refractivity contribution in [1.29, 1.82) is 0 Å². The van der Waals surface area contributed by atoms with E-state index < -0.39 is 51.8 Å². The fourth-order valence-electron chi connectivity index (χ4n) is 3.52. The van der Waals surface area contributed by atoms with Gasteiger partial charge in [0.2, 0.25) is 0 Å². The first-order valence-electron chi connectivity index (χ1n) is 14.0. The van der Waals surface area contributed by atoms with Crippen molar-refractivity contribution in [1.82, 2.24) is 0 Å². The molecule has 10 nitrogen and oxygen atoms in total. The van der Waals surface area contributed by atoms with Crippen molar-refractivity contribution < 1.29 is 47.8 Å². The molecule has 0 fully saturated rings. The van der Waals surface area contributed by atoms with Crippen LogP contribution >= 0.6 is 7.82 Å². The molecule has 11 heteroatoms. The number of esters is 2. The highest BCUT2D eigenvalue weighted by Crippen LogP contribution is 2.43. The number of carbonyl (C=O) groups excluding carboxylic acids is 2. The first kappa shape index (κ1) is 36.0. The Morgan fingerprint density at radius 1 is 0.703 bits per heavy atom. The first-order chi connectivity index (χ1) is 17.7. The third-order valence-electron chi connectivity index (χ3n) is 5.76. The van der Waals surface area contributed by atoms with E-state index in [0.717, 1.165) is 44.9 Å². The van der Waals surface area contributed by atoms with E-state index >= 15 is 0 Å². The van der Waals surface area contributed by atoms with Crippen molar-refractivity contribution in [3.63, 3.8) is 0 Å². The number of phosphoric ester groups is 1. The van der Waals surface area contributed by atoms with Crippen LogP contribution in [0.1, 0.15) is 117 Å². The number of rotatable bonds is 26. The maximum absolute atomic E-state index is 12.3. The average molecular weight is 555 g/mol. The Kier molecular flexibility index (Phi) is 23.4. The lowest BCUT2D eigenvalue weighted by Crippen LogP contribution is -2.29. The van der Waals surface area contributed by atoms with Gasteiger partial charge in [-0.25, -0.2) is 4.57 Å². The second kappa shape index (κ2) is 24.0. The number of aliphatic hydroxyl groups is 2. The molecule has 0 bridgehead atoms. The maximum Gasteiger partial charge on any atom is 0.472 e. The molecule has 0 spiro atoms. The van der Waals surface area contributed by atoms with Gasteiger partial charge >= 0.3 is 19.8 Å². The molecule has 0 aromatic rings. The summed E-state index contributed by atoms with van der Waals surface area (Å²) in [7, 11) is -4.58. The lowest BCUT2D eigenvalue weighted by atomic mass is 10.1. The van der Waals surface area contributed by atoms with Gasteiger partial charge in [0.05, 0.1) is 19.8 Å². The van der Waals surface area contributed by atoms with Crippen molar-refractivity contribution in [2.75, 3.05) is 26.4 Å². The predicted molar refractivity (Wildman–Crippen MR) is 141 cm³/mol. The van der Waals surface area contributed by atoms with E-state index in [1.54, 1.807) is 0 Å². The maximum atomic E-state index is 12.3. The van der Waals surface area contributed by atoms with Crippen LogP contribution in [0.25, 0.3) is 0 Å². The minimum absolute atomic E-state index is 0.188. The van der Waals surface area contributed by atoms with Gasteiger partial charge in [-0.15, -0.1) is 0 Å². The lowest BCUT2D eigenvalue weighted by Gasteiger charge is -2.20. The Bertz CT molecular complexity index is 616. The van der Waals surface area contributed by atoms with Gasteiger partial charge in [-0.2, -0.15) is 0 Å². The van der Waals surface area contributed by atoms with Gasteiger partial charge < -0.3 is 24.6 Å². The quantitative estimate of drug-likeness (QED) is 0.0739. The van der Waals surface area contributed by atoms with Crippen molar-refractivity contribution in [3.05, 3.63) is 0 Å². The Balaban J connectivity index is 4.51. The molecule has 37 heavy (non-hydrogen) atoms. The average Bonchev–Trinajstić information content (AvgIpc) is 2.87. The van der Waals surface area contributed by atoms with Crippen LogP contribution < -0.4 is 0 Å². The number of hydrogen-bond donors (Lipinski definition) is 3. The van der Waals surface area contributed by atoms with Gasteiger partial charge in [0.1, 0.15) is 12.7 Å². The molecule has 0 amide bonds. The van der Waals surface area contributed by atoms with E-state index in [4.69, 9.17) is 19.1 Å². The van der Waals surface area contributed by atoms with Gasteiger partial charge in [0.15, 0.2) is 6.10 Å². The summed E-state index contributed by atoms with van der Waals surface area (Å²) in [4.78, 5) is 34.1. The topological polar surface area (TPSA) is 149 Å². The van der Waals surface area contributed by atoms with E-state index in [1.807, 2.05) is 0 Å². The van der Waals surface area contributed by atoms with Crippen molar-refractivity contribution in [3.8, 4) is 0 Å². The molecule has 0 saturated heterocycles. The summed E-state index contributed by atoms with van der Waals surface area (Å²) in [6.07, 6.45) is 12.9. The molecule has 0 aliphatic rings. The zero-order valence-electron chi connectivity index (χ0n) is 22.9. The van der Waals surface area contributed by atoms with Crippen LogP contribution in [0.5, 0.6) is 0 Å². The van der Waals surface area contributed by atoms with E-state index in [-0.39, 0.29) is 19.4 Å². The van der Waals surface area contributed by atoms with Crippen LogP contribution in [0.15, 0.2) is 0 Å². The summed E-state index contributed by atoms with van der Waals surface area (Å²) in [5.41, 5.74) is 0. The van der Waals surface area contributed by atoms with E-state index in [0.29, 0.717) is 12.8 Å². The highest BCUT2D eigenvalue weighted by atomic mass is 31.2. The summed E-state index contributed by atoms with van der Waals surface area (Å²) in [5, 5.41) is 18.1. The number of carbonyl (C=O) groups is 2. The standard InChI is InChI=1S/C26H51O10P/c1-3-5-7-9-10-11-12-14-16-18-26(30)36-24(21-33-25(29)17-15-13-8-6-4-2)22-35-37(31,32)34-20-23(28)19-27/h23-24,27-28H,3-22H2,1-2H3,(H,31,32)/t23-,24+/m0/s1. The number of unbranched alkanes of at least 4 members (excludes halogenated alkanes) is 12. The zero-order valence-corrected chi connectivity index (χ0v) is 23.8. The third kappa shape index (κ3) is 23.8. The molecular weight excluding hydrogens is 503 g/mol. The Morgan fingerprint density at radius 3 is 1.68 bits per heavy atom. The summed E-state index contributed by atoms with van der Waals surface area (Å²) in [6.45, 7) is 2.20. The van der Waals surface area contributed by atoms with Gasteiger partial charge in [-0.3, -0.25) is 18.6 Å². The molecule has 0 rings (SSSR count). The minimum atomic E-state index is -4.58. The SMILES string of the molecule is CCCCCCCCCCCC(=O)O[C@H](COC(=O)CCCCCCC)COP(=O)(O)OC[C@@H](O)CO. The number of phosphoric acid groups is 1. The van der Waals surface area contributed by atoms with E-state index in [1.165, 1.54) is 32.1 Å². The van der Waals surface area contributed by atoms with Gasteiger partial charge in [-0.05, 0) is 12.8 Å². The summed E-state index contributed by atoms with van der Waals surface area (Å²) in [5.74, 6) is -0.942. The lowest BCUT2D eigenvalue weighted by molar-refractivity contribution is -0.161. The van der Waals surface area contributed by atoms with Crippen molar-refractivity contribution in [2.24, 2.45) is 0 Å². The molecule has 0 heterocycles. The van der Waals surface area contributed by atoms with Gasteiger partial charge in [0, 0.05) is 12.8 Å². The largest absolute Gasteiger partial charge is 0.472 e. The smallest absolute Gasteiger partial charge is 0.462 e. The van der Waals surface area contributed by atoms with Crippen LogP contribution in [0, 0.1) is 0 Å². The van der Waals surface area contributed by atoms with E-state index in [2.05, 4.69) is 18.4 Å². The number of aliphatic hydroxyl groups excluding tert-OH is 2. The number of hydrogen-bond acceptors (Lipinski definition) is 9.